The summed E-state index contributed by atoms with van der Waals surface area (Å²) < 4.78 is 6.19. The lowest BCUT2D eigenvalue weighted by atomic mass is 9.93. The number of hydrogen-bond donors (Lipinski definition) is 1. The van der Waals surface area contributed by atoms with Gasteiger partial charge in [-0.1, -0.05) is 19.3 Å². The molecule has 22 heavy (non-hydrogen) atoms. The van der Waals surface area contributed by atoms with Gasteiger partial charge in [0.05, 0.1) is 12.2 Å². The zero-order valence-corrected chi connectivity index (χ0v) is 14.4. The zero-order valence-electron chi connectivity index (χ0n) is 13.5. The van der Waals surface area contributed by atoms with Crippen LogP contribution in [0.15, 0.2) is 0 Å². The van der Waals surface area contributed by atoms with Crippen LogP contribution in [0, 0.1) is 11.8 Å². The minimum Gasteiger partial charge on any atom is -0.375 e. The summed E-state index contributed by atoms with van der Waals surface area (Å²) in [7, 11) is 0. The highest BCUT2D eigenvalue weighted by Gasteiger charge is 2.36. The molecule has 0 aromatic rings. The van der Waals surface area contributed by atoms with Crippen LogP contribution in [-0.2, 0) is 9.53 Å². The average Bonchev–Trinajstić information content (AvgIpc) is 3.18. The SMILES string of the molecule is Cl.NC[C@H]1CCC[C@H]1C(=O)N1CCC(OC2CCCC2)CC1. The Hall–Kier alpha value is -0.320. The maximum Gasteiger partial charge on any atom is 0.226 e. The number of hydrogen-bond acceptors (Lipinski definition) is 3. The summed E-state index contributed by atoms with van der Waals surface area (Å²) in [6, 6.07) is 0. The molecule has 4 nitrogen and oxygen atoms in total. The van der Waals surface area contributed by atoms with E-state index in [1.807, 2.05) is 0 Å². The van der Waals surface area contributed by atoms with Crippen molar-refractivity contribution in [2.75, 3.05) is 19.6 Å². The Bertz CT molecular complexity index is 353. The minimum atomic E-state index is 0. The molecule has 0 aromatic heterocycles. The number of carbonyl (C=O) groups is 1. The average molecular weight is 331 g/mol. The van der Waals surface area contributed by atoms with Crippen LogP contribution in [0.1, 0.15) is 57.8 Å². The number of nitrogens with two attached hydrogens (primary N) is 1. The minimum absolute atomic E-state index is 0. The van der Waals surface area contributed by atoms with Crippen molar-refractivity contribution in [3.05, 3.63) is 0 Å². The molecular weight excluding hydrogens is 300 g/mol. The molecule has 0 radical (unpaired) electrons. The Balaban J connectivity index is 0.00000176. The second-order valence-electron chi connectivity index (χ2n) is 7.10. The highest BCUT2D eigenvalue weighted by atomic mass is 35.5. The fraction of sp³-hybridized carbons (Fsp3) is 0.941. The summed E-state index contributed by atoms with van der Waals surface area (Å²) in [4.78, 5) is 14.7. The molecule has 2 atom stereocenters. The van der Waals surface area contributed by atoms with Gasteiger partial charge in [-0.3, -0.25) is 4.79 Å². The number of piperidine rings is 1. The highest BCUT2D eigenvalue weighted by molar-refractivity contribution is 5.85. The largest absolute Gasteiger partial charge is 0.375 e. The molecule has 0 bridgehead atoms. The highest BCUT2D eigenvalue weighted by Crippen LogP contribution is 2.33. The lowest BCUT2D eigenvalue weighted by Gasteiger charge is -2.35. The first-order valence-corrected chi connectivity index (χ1v) is 8.92. The number of likely N-dealkylation sites (tertiary alicyclic amines) is 1. The maximum atomic E-state index is 12.7. The second-order valence-corrected chi connectivity index (χ2v) is 7.10. The Kier molecular flexibility index (Phi) is 6.97. The third-order valence-electron chi connectivity index (χ3n) is 5.72. The van der Waals surface area contributed by atoms with E-state index in [9.17, 15) is 4.79 Å². The van der Waals surface area contributed by atoms with Crippen LogP contribution >= 0.6 is 12.4 Å². The number of amides is 1. The van der Waals surface area contributed by atoms with E-state index < -0.39 is 0 Å². The molecule has 2 N–H and O–H groups in total. The van der Waals surface area contributed by atoms with Gasteiger partial charge in [0.15, 0.2) is 0 Å². The summed E-state index contributed by atoms with van der Waals surface area (Å²) in [6.45, 7) is 2.42. The van der Waals surface area contributed by atoms with Gasteiger partial charge >= 0.3 is 0 Å². The van der Waals surface area contributed by atoms with Crippen molar-refractivity contribution in [3.8, 4) is 0 Å². The Morgan fingerprint density at radius 2 is 1.59 bits per heavy atom. The smallest absolute Gasteiger partial charge is 0.226 e. The van der Waals surface area contributed by atoms with Crippen molar-refractivity contribution >= 4 is 18.3 Å². The molecule has 0 spiro atoms. The first-order chi connectivity index (χ1) is 10.3. The van der Waals surface area contributed by atoms with Crippen molar-refractivity contribution < 1.29 is 9.53 Å². The Morgan fingerprint density at radius 3 is 2.23 bits per heavy atom. The maximum absolute atomic E-state index is 12.7. The summed E-state index contributed by atoms with van der Waals surface area (Å²) in [5.41, 5.74) is 5.81. The van der Waals surface area contributed by atoms with Gasteiger partial charge in [0, 0.05) is 19.0 Å². The molecular formula is C17H31ClN2O2. The van der Waals surface area contributed by atoms with Gasteiger partial charge in [0.2, 0.25) is 5.91 Å². The first-order valence-electron chi connectivity index (χ1n) is 8.92. The van der Waals surface area contributed by atoms with E-state index in [1.54, 1.807) is 0 Å². The molecule has 5 heteroatoms. The van der Waals surface area contributed by atoms with E-state index in [-0.39, 0.29) is 18.3 Å². The van der Waals surface area contributed by atoms with Crippen LogP contribution in [0.5, 0.6) is 0 Å². The van der Waals surface area contributed by atoms with Crippen LogP contribution in [0.25, 0.3) is 0 Å². The van der Waals surface area contributed by atoms with E-state index in [1.165, 1.54) is 32.1 Å². The zero-order chi connectivity index (χ0) is 14.7. The molecule has 3 aliphatic rings. The van der Waals surface area contributed by atoms with Gasteiger partial charge in [-0.2, -0.15) is 0 Å². The number of rotatable bonds is 4. The molecule has 1 heterocycles. The predicted octanol–water partition coefficient (Wildman–Crippen LogP) is 2.73. The molecule has 1 saturated heterocycles. The quantitative estimate of drug-likeness (QED) is 0.862. The first kappa shape index (κ1) is 18.0. The predicted molar refractivity (Wildman–Crippen MR) is 90.1 cm³/mol. The molecule has 0 unspecified atom stereocenters. The fourth-order valence-corrected chi connectivity index (χ4v) is 4.39. The summed E-state index contributed by atoms with van der Waals surface area (Å²) >= 11 is 0. The van der Waals surface area contributed by atoms with Crippen molar-refractivity contribution in [2.24, 2.45) is 17.6 Å². The van der Waals surface area contributed by atoms with Crippen LogP contribution in [0.3, 0.4) is 0 Å². The molecule has 1 aliphatic heterocycles. The van der Waals surface area contributed by atoms with Crippen molar-refractivity contribution in [2.45, 2.75) is 70.0 Å². The summed E-state index contributed by atoms with van der Waals surface area (Å²) in [6.07, 6.45) is 11.4. The standard InChI is InChI=1S/C17H30N2O2.ClH/c18-12-13-4-3-7-16(13)17(20)19-10-8-15(9-11-19)21-14-5-1-2-6-14;/h13-16H,1-12,18H2;1H/t13-,16-;/m1./s1. The lowest BCUT2D eigenvalue weighted by Crippen LogP contribution is -2.45. The third-order valence-corrected chi connectivity index (χ3v) is 5.72. The Morgan fingerprint density at radius 1 is 0.955 bits per heavy atom. The molecule has 3 fully saturated rings. The van der Waals surface area contributed by atoms with Crippen LogP contribution in [-0.4, -0.2) is 42.6 Å². The van der Waals surface area contributed by atoms with Crippen molar-refractivity contribution in [3.63, 3.8) is 0 Å². The number of ether oxygens (including phenoxy) is 1. The molecule has 128 valence electrons. The van der Waals surface area contributed by atoms with Crippen LogP contribution in [0.4, 0.5) is 0 Å². The second kappa shape index (κ2) is 8.51. The summed E-state index contributed by atoms with van der Waals surface area (Å²) in [5, 5.41) is 0. The normalized spacial score (nSPS) is 30.5. The molecule has 0 aromatic carbocycles. The van der Waals surface area contributed by atoms with Crippen LogP contribution in [0.2, 0.25) is 0 Å². The van der Waals surface area contributed by atoms with Gasteiger partial charge in [-0.05, 0) is 51.0 Å². The number of halogens is 1. The van der Waals surface area contributed by atoms with E-state index in [4.69, 9.17) is 10.5 Å². The van der Waals surface area contributed by atoms with Crippen LogP contribution < -0.4 is 5.73 Å². The van der Waals surface area contributed by atoms with Gasteiger partial charge in [0.25, 0.3) is 0 Å². The Labute approximate surface area is 140 Å². The molecule has 2 aliphatic carbocycles. The van der Waals surface area contributed by atoms with Gasteiger partial charge in [0.1, 0.15) is 0 Å². The van der Waals surface area contributed by atoms with E-state index >= 15 is 0 Å². The van der Waals surface area contributed by atoms with E-state index in [2.05, 4.69) is 4.90 Å². The van der Waals surface area contributed by atoms with Gasteiger partial charge in [-0.25, -0.2) is 0 Å². The number of nitrogens with zero attached hydrogens (tertiary/aromatic N) is 1. The van der Waals surface area contributed by atoms with E-state index in [0.29, 0.717) is 30.6 Å². The lowest BCUT2D eigenvalue weighted by molar-refractivity contribution is -0.140. The van der Waals surface area contributed by atoms with Gasteiger partial charge in [-0.15, -0.1) is 12.4 Å². The summed E-state index contributed by atoms with van der Waals surface area (Å²) in [5.74, 6) is 0.981. The van der Waals surface area contributed by atoms with Crippen molar-refractivity contribution in [1.82, 2.24) is 4.90 Å². The van der Waals surface area contributed by atoms with E-state index in [0.717, 1.165) is 38.8 Å². The molecule has 3 rings (SSSR count). The van der Waals surface area contributed by atoms with Crippen molar-refractivity contribution in [1.29, 1.82) is 0 Å². The molecule has 1 amide bonds. The monoisotopic (exact) mass is 330 g/mol. The topological polar surface area (TPSA) is 55.6 Å². The third kappa shape index (κ3) is 4.15. The molecule has 2 saturated carbocycles. The fourth-order valence-electron chi connectivity index (χ4n) is 4.39. The number of carbonyl (C=O) groups excluding carboxylic acids is 1. The van der Waals surface area contributed by atoms with Gasteiger partial charge < -0.3 is 15.4 Å².